The van der Waals surface area contributed by atoms with Crippen LogP contribution in [-0.2, 0) is 13.7 Å². The van der Waals surface area contributed by atoms with Gasteiger partial charge in [0.2, 0.25) is 0 Å². The van der Waals surface area contributed by atoms with E-state index in [9.17, 15) is 9.59 Å². The molecule has 2 amide bonds. The highest BCUT2D eigenvalue weighted by Gasteiger charge is 2.11. The molecule has 1 aromatic carbocycles. The van der Waals surface area contributed by atoms with Crippen LogP contribution in [0, 0.1) is 0 Å². The van der Waals surface area contributed by atoms with Crippen LogP contribution in [0.4, 0.5) is 0 Å². The van der Waals surface area contributed by atoms with E-state index in [1.807, 2.05) is 5.38 Å². The normalized spacial score (nSPS) is 10.3. The Kier molecular flexibility index (Phi) is 5.10. The van der Waals surface area contributed by atoms with Gasteiger partial charge in [-0.3, -0.25) is 20.4 Å². The molecule has 0 saturated heterocycles. The average Bonchev–Trinajstić information content (AvgIpc) is 3.29. The molecule has 7 nitrogen and oxygen atoms in total. The van der Waals surface area contributed by atoms with E-state index in [4.69, 9.17) is 4.74 Å². The molecule has 0 aliphatic rings. The topological polar surface area (TPSA) is 85.2 Å². The molecule has 0 aliphatic heterocycles. The fourth-order valence-corrected chi connectivity index (χ4v) is 2.68. The van der Waals surface area contributed by atoms with Gasteiger partial charge < -0.3 is 9.30 Å². The zero-order valence-electron chi connectivity index (χ0n) is 13.4. The standard InChI is InChI=1S/C17H16N4O3S/c1-21-7-3-6-15(21)17(23)20-19-16(22)12-4-2-5-14(8-12)24-9-13-10-25-11-18-13/h2-8,10-11H,9H2,1H3,(H,19,22)(H,20,23). The van der Waals surface area contributed by atoms with Crippen molar-refractivity contribution in [2.24, 2.45) is 7.05 Å². The Balaban J connectivity index is 1.57. The number of hydrazine groups is 1. The Morgan fingerprint density at radius 3 is 2.76 bits per heavy atom. The van der Waals surface area contributed by atoms with Gasteiger partial charge in [-0.05, 0) is 30.3 Å². The van der Waals surface area contributed by atoms with Crippen LogP contribution >= 0.6 is 11.3 Å². The average molecular weight is 356 g/mol. The van der Waals surface area contributed by atoms with Crippen molar-refractivity contribution in [3.63, 3.8) is 0 Å². The molecule has 0 bridgehead atoms. The van der Waals surface area contributed by atoms with Crippen molar-refractivity contribution in [1.82, 2.24) is 20.4 Å². The molecule has 25 heavy (non-hydrogen) atoms. The van der Waals surface area contributed by atoms with E-state index in [1.54, 1.807) is 59.7 Å². The van der Waals surface area contributed by atoms with Gasteiger partial charge in [0.15, 0.2) is 0 Å². The number of ether oxygens (including phenoxy) is 1. The predicted octanol–water partition coefficient (Wildman–Crippen LogP) is 2.14. The van der Waals surface area contributed by atoms with E-state index in [-0.39, 0.29) is 0 Å². The minimum absolute atomic E-state index is 0.332. The van der Waals surface area contributed by atoms with Crippen LogP contribution in [0.5, 0.6) is 5.75 Å². The van der Waals surface area contributed by atoms with Crippen molar-refractivity contribution in [2.45, 2.75) is 6.61 Å². The highest BCUT2D eigenvalue weighted by Crippen LogP contribution is 2.15. The van der Waals surface area contributed by atoms with Crippen LogP contribution in [0.15, 0.2) is 53.5 Å². The number of hydrogen-bond acceptors (Lipinski definition) is 5. The molecule has 0 saturated carbocycles. The van der Waals surface area contributed by atoms with Crippen molar-refractivity contribution >= 4 is 23.2 Å². The first kappa shape index (κ1) is 16.7. The molecule has 3 rings (SSSR count). The van der Waals surface area contributed by atoms with Gasteiger partial charge >= 0.3 is 0 Å². The number of aryl methyl sites for hydroxylation is 1. The smallest absolute Gasteiger partial charge is 0.286 e. The summed E-state index contributed by atoms with van der Waals surface area (Å²) in [7, 11) is 1.75. The van der Waals surface area contributed by atoms with Gasteiger partial charge in [0.1, 0.15) is 18.1 Å². The monoisotopic (exact) mass is 356 g/mol. The second kappa shape index (κ2) is 7.63. The number of benzene rings is 1. The number of hydrogen-bond donors (Lipinski definition) is 2. The van der Waals surface area contributed by atoms with E-state index in [0.29, 0.717) is 23.6 Å². The maximum atomic E-state index is 12.2. The maximum absolute atomic E-state index is 12.2. The highest BCUT2D eigenvalue weighted by molar-refractivity contribution is 7.07. The van der Waals surface area contributed by atoms with Gasteiger partial charge in [0, 0.05) is 24.2 Å². The van der Waals surface area contributed by atoms with Crippen LogP contribution in [0.3, 0.4) is 0 Å². The van der Waals surface area contributed by atoms with Crippen molar-refractivity contribution in [2.75, 3.05) is 0 Å². The van der Waals surface area contributed by atoms with Gasteiger partial charge in [-0.1, -0.05) is 6.07 Å². The van der Waals surface area contributed by atoms with E-state index < -0.39 is 11.8 Å². The molecule has 2 aromatic heterocycles. The first-order chi connectivity index (χ1) is 12.1. The van der Waals surface area contributed by atoms with E-state index in [0.717, 1.165) is 5.69 Å². The number of nitrogens with zero attached hydrogens (tertiary/aromatic N) is 2. The number of thiazole rings is 1. The minimum atomic E-state index is -0.429. The minimum Gasteiger partial charge on any atom is -0.487 e. The van der Waals surface area contributed by atoms with Crippen LogP contribution in [0.2, 0.25) is 0 Å². The second-order valence-corrected chi connectivity index (χ2v) is 5.93. The Morgan fingerprint density at radius 1 is 1.20 bits per heavy atom. The lowest BCUT2D eigenvalue weighted by molar-refractivity contribution is 0.0842. The summed E-state index contributed by atoms with van der Waals surface area (Å²) in [5, 5.41) is 1.90. The van der Waals surface area contributed by atoms with Crippen LogP contribution < -0.4 is 15.6 Å². The Hall–Kier alpha value is -3.13. The third-order valence-corrected chi connectivity index (χ3v) is 4.07. The van der Waals surface area contributed by atoms with E-state index in [2.05, 4.69) is 15.8 Å². The Bertz CT molecular complexity index is 874. The van der Waals surface area contributed by atoms with Crippen LogP contribution in [-0.4, -0.2) is 21.4 Å². The molecular formula is C17H16N4O3S. The molecule has 2 heterocycles. The molecular weight excluding hydrogens is 340 g/mol. The maximum Gasteiger partial charge on any atom is 0.286 e. The van der Waals surface area contributed by atoms with Gasteiger partial charge in [0.05, 0.1) is 11.2 Å². The molecule has 0 atom stereocenters. The SMILES string of the molecule is Cn1cccc1C(=O)NNC(=O)c1cccc(OCc2cscn2)c1. The summed E-state index contributed by atoms with van der Waals surface area (Å²) in [6.07, 6.45) is 1.75. The van der Waals surface area contributed by atoms with Gasteiger partial charge in [-0.2, -0.15) is 0 Å². The Morgan fingerprint density at radius 2 is 2.04 bits per heavy atom. The van der Waals surface area contributed by atoms with E-state index in [1.165, 1.54) is 11.3 Å². The van der Waals surface area contributed by atoms with Crippen LogP contribution in [0.1, 0.15) is 26.5 Å². The number of nitrogens with one attached hydrogen (secondary N) is 2. The molecule has 0 aliphatic carbocycles. The third-order valence-electron chi connectivity index (χ3n) is 3.43. The summed E-state index contributed by atoms with van der Waals surface area (Å²) in [5.41, 5.74) is 8.17. The summed E-state index contributed by atoms with van der Waals surface area (Å²) < 4.78 is 7.28. The lowest BCUT2D eigenvalue weighted by Gasteiger charge is -2.09. The molecule has 0 spiro atoms. The number of rotatable bonds is 5. The fourth-order valence-electron chi connectivity index (χ4n) is 2.14. The lowest BCUT2D eigenvalue weighted by Crippen LogP contribution is -2.42. The fraction of sp³-hybridized carbons (Fsp3) is 0.118. The summed E-state index contributed by atoms with van der Waals surface area (Å²) in [6, 6.07) is 10.1. The number of amides is 2. The van der Waals surface area contributed by atoms with Crippen molar-refractivity contribution < 1.29 is 14.3 Å². The van der Waals surface area contributed by atoms with Gasteiger partial charge in [0.25, 0.3) is 11.8 Å². The lowest BCUT2D eigenvalue weighted by atomic mass is 10.2. The summed E-state index contributed by atoms with van der Waals surface area (Å²) in [4.78, 5) is 28.3. The molecule has 3 aromatic rings. The van der Waals surface area contributed by atoms with Crippen molar-refractivity contribution in [3.8, 4) is 5.75 Å². The largest absolute Gasteiger partial charge is 0.487 e. The highest BCUT2D eigenvalue weighted by atomic mass is 32.1. The number of aromatic nitrogens is 2. The molecule has 8 heteroatoms. The number of carbonyl (C=O) groups excluding carboxylic acids is 2. The third kappa shape index (κ3) is 4.24. The summed E-state index contributed by atoms with van der Waals surface area (Å²) in [6.45, 7) is 0.332. The molecule has 128 valence electrons. The van der Waals surface area contributed by atoms with Crippen molar-refractivity contribution in [1.29, 1.82) is 0 Å². The van der Waals surface area contributed by atoms with E-state index >= 15 is 0 Å². The first-order valence-electron chi connectivity index (χ1n) is 7.45. The van der Waals surface area contributed by atoms with Crippen molar-refractivity contribution in [3.05, 3.63) is 70.4 Å². The Labute approximate surface area is 148 Å². The summed E-state index contributed by atoms with van der Waals surface area (Å²) in [5.74, 6) is -0.270. The quantitative estimate of drug-likeness (QED) is 0.686. The zero-order valence-corrected chi connectivity index (χ0v) is 14.2. The summed E-state index contributed by atoms with van der Waals surface area (Å²) >= 11 is 1.49. The zero-order chi connectivity index (χ0) is 17.6. The first-order valence-corrected chi connectivity index (χ1v) is 8.40. The van der Waals surface area contributed by atoms with Gasteiger partial charge in [-0.15, -0.1) is 11.3 Å². The number of carbonyl (C=O) groups is 2. The van der Waals surface area contributed by atoms with Gasteiger partial charge in [-0.25, -0.2) is 4.98 Å². The second-order valence-electron chi connectivity index (χ2n) is 5.21. The molecule has 0 unspecified atom stereocenters. The molecule has 0 fully saturated rings. The van der Waals surface area contributed by atoms with Crippen LogP contribution in [0.25, 0.3) is 0 Å². The predicted molar refractivity (Wildman–Crippen MR) is 93.2 cm³/mol. The molecule has 2 N–H and O–H groups in total. The molecule has 0 radical (unpaired) electrons.